The van der Waals surface area contributed by atoms with Crippen molar-refractivity contribution < 1.29 is 34.7 Å². The molecule has 180 valence electrons. The Morgan fingerprint density at radius 3 is 1.88 bits per heavy atom. The highest BCUT2D eigenvalue weighted by atomic mass is 16.5. The summed E-state index contributed by atoms with van der Waals surface area (Å²) in [5, 5.41) is 51.5. The van der Waals surface area contributed by atoms with Crippen molar-refractivity contribution in [3.8, 4) is 45.8 Å². The first-order chi connectivity index (χ1) is 16.0. The molecule has 0 aliphatic rings. The van der Waals surface area contributed by atoms with Crippen LogP contribution >= 0.6 is 0 Å². The van der Waals surface area contributed by atoms with E-state index in [1.54, 1.807) is 0 Å². The maximum Gasteiger partial charge on any atom is 0.239 e. The number of fused-ring (bicyclic) bond motifs is 1. The highest BCUT2D eigenvalue weighted by Gasteiger charge is 2.27. The molecule has 8 nitrogen and oxygen atoms in total. The molecular weight excluding hydrogens is 440 g/mol. The van der Waals surface area contributed by atoms with E-state index in [0.29, 0.717) is 5.56 Å². The first kappa shape index (κ1) is 24.6. The van der Waals surface area contributed by atoms with Gasteiger partial charge in [-0.15, -0.1) is 0 Å². The fourth-order valence-corrected chi connectivity index (χ4v) is 3.61. The second-order valence-corrected chi connectivity index (χ2v) is 8.49. The quantitative estimate of drug-likeness (QED) is 0.251. The predicted octanol–water partition coefficient (Wildman–Crippen LogP) is 5.01. The summed E-state index contributed by atoms with van der Waals surface area (Å²) in [6.07, 6.45) is 4.08. The fourth-order valence-electron chi connectivity index (χ4n) is 3.61. The molecule has 0 unspecified atom stereocenters. The van der Waals surface area contributed by atoms with Crippen LogP contribution in [0.25, 0.3) is 22.3 Å². The van der Waals surface area contributed by atoms with Gasteiger partial charge in [0.25, 0.3) is 0 Å². The summed E-state index contributed by atoms with van der Waals surface area (Å²) >= 11 is 0. The van der Waals surface area contributed by atoms with Gasteiger partial charge in [-0.1, -0.05) is 23.3 Å². The molecule has 0 atom stereocenters. The van der Waals surface area contributed by atoms with Crippen molar-refractivity contribution in [2.75, 3.05) is 7.11 Å². The molecule has 1 heterocycles. The van der Waals surface area contributed by atoms with Crippen LogP contribution in [0.15, 0.2) is 44.6 Å². The van der Waals surface area contributed by atoms with Crippen LogP contribution in [0.4, 0.5) is 0 Å². The van der Waals surface area contributed by atoms with Gasteiger partial charge >= 0.3 is 0 Å². The number of aromatic hydroxyl groups is 5. The van der Waals surface area contributed by atoms with Crippen molar-refractivity contribution in [1.82, 2.24) is 0 Å². The Bertz CT molecular complexity index is 1360. The van der Waals surface area contributed by atoms with Crippen molar-refractivity contribution in [2.24, 2.45) is 0 Å². The van der Waals surface area contributed by atoms with Gasteiger partial charge in [-0.2, -0.15) is 0 Å². The van der Waals surface area contributed by atoms with Gasteiger partial charge in [-0.25, -0.2) is 0 Å². The lowest BCUT2D eigenvalue weighted by Gasteiger charge is -2.17. The minimum Gasteiger partial charge on any atom is -0.507 e. The van der Waals surface area contributed by atoms with Gasteiger partial charge in [0.1, 0.15) is 22.5 Å². The molecule has 3 aromatic rings. The Hall–Kier alpha value is -4.07. The first-order valence-electron chi connectivity index (χ1n) is 10.6. The number of methoxy groups -OCH3 is 1. The molecule has 0 bridgehead atoms. The number of benzene rings is 2. The predicted molar refractivity (Wildman–Crippen MR) is 129 cm³/mol. The Labute approximate surface area is 196 Å². The average Bonchev–Trinajstić information content (AvgIpc) is 2.75. The van der Waals surface area contributed by atoms with Crippen LogP contribution in [0.2, 0.25) is 0 Å². The zero-order valence-electron chi connectivity index (χ0n) is 19.7. The summed E-state index contributed by atoms with van der Waals surface area (Å²) < 4.78 is 11.3. The van der Waals surface area contributed by atoms with E-state index in [9.17, 15) is 30.3 Å². The first-order valence-corrected chi connectivity index (χ1v) is 10.6. The number of allylic oxidation sites excluding steroid dienone is 4. The molecule has 1 aromatic heterocycles. The minimum atomic E-state index is -0.727. The SMILES string of the molecule is COc1c(-c2cc(O)c(O)c(O)c2)oc2c(CC=C(C)C)c(O)c(CC=C(C)C)c(O)c2c1=O. The average molecular weight is 469 g/mol. The number of hydrogen-bond donors (Lipinski definition) is 5. The molecule has 0 fully saturated rings. The smallest absolute Gasteiger partial charge is 0.239 e. The summed E-state index contributed by atoms with van der Waals surface area (Å²) in [5.41, 5.74) is 1.71. The molecule has 0 aliphatic carbocycles. The third kappa shape index (κ3) is 4.39. The number of rotatable bonds is 6. The van der Waals surface area contributed by atoms with Crippen LogP contribution in [0.5, 0.6) is 34.5 Å². The van der Waals surface area contributed by atoms with Crippen LogP contribution in [0, 0.1) is 0 Å². The lowest BCUT2D eigenvalue weighted by molar-refractivity contribution is 0.367. The van der Waals surface area contributed by atoms with Crippen LogP contribution in [-0.4, -0.2) is 32.6 Å². The molecule has 3 rings (SSSR count). The maximum atomic E-state index is 13.5. The van der Waals surface area contributed by atoms with Crippen LogP contribution in [0.3, 0.4) is 0 Å². The van der Waals surface area contributed by atoms with Crippen molar-refractivity contribution >= 4 is 11.0 Å². The summed E-state index contributed by atoms with van der Waals surface area (Å²) in [4.78, 5) is 13.5. The number of hydrogen-bond acceptors (Lipinski definition) is 8. The third-order valence-corrected chi connectivity index (χ3v) is 5.40. The highest BCUT2D eigenvalue weighted by Crippen LogP contribution is 2.45. The lowest BCUT2D eigenvalue weighted by Crippen LogP contribution is -2.10. The van der Waals surface area contributed by atoms with Gasteiger partial charge in [0, 0.05) is 16.7 Å². The molecule has 0 radical (unpaired) electrons. The number of ether oxygens (including phenoxy) is 1. The topological polar surface area (TPSA) is 141 Å². The monoisotopic (exact) mass is 468 g/mol. The van der Waals surface area contributed by atoms with Crippen LogP contribution in [-0.2, 0) is 12.8 Å². The molecule has 5 N–H and O–H groups in total. The molecule has 34 heavy (non-hydrogen) atoms. The van der Waals surface area contributed by atoms with E-state index in [2.05, 4.69) is 0 Å². The van der Waals surface area contributed by atoms with E-state index >= 15 is 0 Å². The molecule has 8 heteroatoms. The number of phenolic OH excluding ortho intramolecular Hbond substituents is 5. The van der Waals surface area contributed by atoms with E-state index in [0.717, 1.165) is 23.3 Å². The Morgan fingerprint density at radius 1 is 0.853 bits per heavy atom. The Balaban J connectivity index is 2.49. The molecular formula is C26H28O8. The third-order valence-electron chi connectivity index (χ3n) is 5.40. The standard InChI is InChI=1S/C26H28O8/c1-12(2)6-8-15-20(29)16(9-7-13(3)4)25-19(21(15)30)23(32)26(33-5)24(34-25)14-10-17(27)22(31)18(28)11-14/h6-7,10-11,27-31H,8-9H2,1-5H3. The van der Waals surface area contributed by atoms with Gasteiger partial charge in [-0.3, -0.25) is 4.79 Å². The van der Waals surface area contributed by atoms with E-state index in [1.807, 2.05) is 39.8 Å². The van der Waals surface area contributed by atoms with Gasteiger partial charge in [0.05, 0.1) is 7.11 Å². The van der Waals surface area contributed by atoms with Gasteiger partial charge in [0.2, 0.25) is 11.2 Å². The summed E-state index contributed by atoms with van der Waals surface area (Å²) in [6.45, 7) is 7.53. The molecule has 0 saturated heterocycles. The molecule has 0 aliphatic heterocycles. The van der Waals surface area contributed by atoms with Gasteiger partial charge in [0.15, 0.2) is 23.0 Å². The molecule has 0 amide bonds. The highest BCUT2D eigenvalue weighted by molar-refractivity contribution is 5.93. The van der Waals surface area contributed by atoms with Crippen molar-refractivity contribution in [3.05, 3.63) is 56.8 Å². The molecule has 2 aromatic carbocycles. The van der Waals surface area contributed by atoms with Gasteiger partial charge < -0.3 is 34.7 Å². The van der Waals surface area contributed by atoms with Crippen LogP contribution in [0.1, 0.15) is 38.8 Å². The van der Waals surface area contributed by atoms with Crippen molar-refractivity contribution in [3.63, 3.8) is 0 Å². The normalized spacial score (nSPS) is 10.9. The minimum absolute atomic E-state index is 0.0458. The molecule has 0 spiro atoms. The van der Waals surface area contributed by atoms with Crippen LogP contribution < -0.4 is 10.2 Å². The fraction of sp³-hybridized carbons (Fsp3) is 0.269. The Kier molecular flexibility index (Phi) is 6.81. The van der Waals surface area contributed by atoms with Crippen molar-refractivity contribution in [2.45, 2.75) is 40.5 Å². The van der Waals surface area contributed by atoms with E-state index in [-0.39, 0.29) is 52.2 Å². The van der Waals surface area contributed by atoms with E-state index in [4.69, 9.17) is 9.15 Å². The van der Waals surface area contributed by atoms with E-state index in [1.165, 1.54) is 7.11 Å². The zero-order valence-corrected chi connectivity index (χ0v) is 19.7. The van der Waals surface area contributed by atoms with E-state index < -0.39 is 28.4 Å². The summed E-state index contributed by atoms with van der Waals surface area (Å²) in [5.74, 6) is -3.04. The largest absolute Gasteiger partial charge is 0.507 e. The summed E-state index contributed by atoms with van der Waals surface area (Å²) in [7, 11) is 1.24. The Morgan fingerprint density at radius 2 is 1.38 bits per heavy atom. The maximum absolute atomic E-state index is 13.5. The second-order valence-electron chi connectivity index (χ2n) is 8.49. The lowest BCUT2D eigenvalue weighted by atomic mass is 9.96. The van der Waals surface area contributed by atoms with Crippen molar-refractivity contribution in [1.29, 1.82) is 0 Å². The van der Waals surface area contributed by atoms with Gasteiger partial charge in [-0.05, 0) is 52.7 Å². The second kappa shape index (κ2) is 9.43. The number of phenols is 5. The molecule has 0 saturated carbocycles. The zero-order chi connectivity index (χ0) is 25.3. The summed E-state index contributed by atoms with van der Waals surface area (Å²) in [6, 6.07) is 2.20.